The van der Waals surface area contributed by atoms with Crippen molar-refractivity contribution in [3.05, 3.63) is 0 Å². The van der Waals surface area contributed by atoms with Crippen LogP contribution in [0.3, 0.4) is 0 Å². The van der Waals surface area contributed by atoms with Crippen LogP contribution in [0.1, 0.15) is 27.7 Å². The number of carbonyl (C=O) groups excluding carboxylic acids is 1. The smallest absolute Gasteiger partial charge is 0.550 e. The molecule has 0 amide bonds. The first kappa shape index (κ1) is 36.0. The average Bonchev–Trinajstić information content (AvgIpc) is 1.76. The molecule has 0 rings (SSSR count). The number of rotatable bonds is 0. The zero-order valence-corrected chi connectivity index (χ0v) is 12.4. The molecule has 0 aromatic heterocycles. The van der Waals surface area contributed by atoms with Crippen LogP contribution in [-0.4, -0.2) is 39.2 Å². The summed E-state index contributed by atoms with van der Waals surface area (Å²) in [7, 11) is 0. The molecule has 0 bridgehead atoms. The van der Waals surface area contributed by atoms with Gasteiger partial charge in [0.25, 0.3) is 17.9 Å². The summed E-state index contributed by atoms with van der Waals surface area (Å²) in [5.41, 5.74) is 0. The van der Waals surface area contributed by atoms with E-state index < -0.39 is 23.9 Å². The summed E-state index contributed by atoms with van der Waals surface area (Å²) in [4.78, 5) is 35.9. The normalized spacial score (nSPS) is 5.56. The van der Waals surface area contributed by atoms with E-state index in [0.717, 1.165) is 27.7 Å². The zero-order valence-electron chi connectivity index (χ0n) is 10.7. The van der Waals surface area contributed by atoms with Crippen LogP contribution in [0, 0.1) is 0 Å². The Kier molecular flexibility index (Phi) is 59.5. The van der Waals surface area contributed by atoms with Crippen molar-refractivity contribution in [3.63, 3.8) is 0 Å². The van der Waals surface area contributed by atoms with Crippen LogP contribution in [0.5, 0.6) is 0 Å². The molecular weight excluding hydrogens is 334 g/mol. The van der Waals surface area contributed by atoms with Gasteiger partial charge in [-0.1, -0.05) is 0 Å². The summed E-state index contributed by atoms with van der Waals surface area (Å²) in [6.07, 6.45) is 0. The number of aliphatic carboxylic acids is 4. The number of carboxylic acid groups (broad SMARTS) is 4. The molecule has 0 spiro atoms. The zero-order chi connectivity index (χ0) is 14.3. The molecule has 0 aliphatic carbocycles. The molecule has 0 atom stereocenters. The van der Waals surface area contributed by atoms with Gasteiger partial charge in [0.1, 0.15) is 0 Å². The second-order valence-corrected chi connectivity index (χ2v) is 2.05. The van der Waals surface area contributed by atoms with Crippen molar-refractivity contribution in [3.8, 4) is 0 Å². The monoisotopic (exact) mass is 349 g/mol. The van der Waals surface area contributed by atoms with Crippen LogP contribution in [0.4, 0.5) is 0 Å². The second kappa shape index (κ2) is 29.8. The molecule has 0 aromatic rings. The van der Waals surface area contributed by atoms with E-state index in [1.807, 2.05) is 0 Å². The van der Waals surface area contributed by atoms with Gasteiger partial charge in [-0.25, -0.2) is 0 Å². The summed E-state index contributed by atoms with van der Waals surface area (Å²) >= 11 is 0. The molecule has 0 saturated heterocycles. The molecular formula is C8H15LiO8Rh. The van der Waals surface area contributed by atoms with Gasteiger partial charge in [-0.05, 0) is 6.92 Å². The van der Waals surface area contributed by atoms with Gasteiger partial charge in [-0.2, -0.15) is 0 Å². The average molecular weight is 349 g/mol. The second-order valence-electron chi connectivity index (χ2n) is 2.05. The fraction of sp³-hybridized carbons (Fsp3) is 0.500. The molecule has 3 N–H and O–H groups in total. The van der Waals surface area contributed by atoms with Gasteiger partial charge in [0.2, 0.25) is 0 Å². The van der Waals surface area contributed by atoms with Gasteiger partial charge in [0.15, 0.2) is 0 Å². The van der Waals surface area contributed by atoms with Gasteiger partial charge in [-0.15, -0.1) is 0 Å². The number of carboxylic acids is 4. The Morgan fingerprint density at radius 2 is 0.722 bits per heavy atom. The summed E-state index contributed by atoms with van der Waals surface area (Å²) in [5, 5.41) is 31.1. The Morgan fingerprint density at radius 1 is 0.722 bits per heavy atom. The first-order valence-corrected chi connectivity index (χ1v) is 3.69. The van der Waals surface area contributed by atoms with Crippen LogP contribution in [0.25, 0.3) is 0 Å². The van der Waals surface area contributed by atoms with Crippen molar-refractivity contribution >= 4 is 23.9 Å². The molecule has 0 aromatic carbocycles. The van der Waals surface area contributed by atoms with E-state index in [1.165, 1.54) is 0 Å². The van der Waals surface area contributed by atoms with Crippen molar-refractivity contribution in [2.45, 2.75) is 27.7 Å². The summed E-state index contributed by atoms with van der Waals surface area (Å²) < 4.78 is 0. The molecule has 0 aliphatic rings. The quantitative estimate of drug-likeness (QED) is 0.375. The van der Waals surface area contributed by atoms with Crippen molar-refractivity contribution in [2.75, 3.05) is 0 Å². The summed E-state index contributed by atoms with van der Waals surface area (Å²) in [6, 6.07) is 0. The topological polar surface area (TPSA) is 152 Å². The van der Waals surface area contributed by atoms with Crippen LogP contribution in [-0.2, 0) is 38.7 Å². The van der Waals surface area contributed by atoms with Gasteiger partial charge in [-0.3, -0.25) is 14.4 Å². The summed E-state index contributed by atoms with van der Waals surface area (Å²) in [5.74, 6) is -3.58. The molecule has 0 unspecified atom stereocenters. The molecule has 0 fully saturated rings. The molecule has 1 radical (unpaired) electrons. The van der Waals surface area contributed by atoms with Crippen LogP contribution in [0.15, 0.2) is 0 Å². The Balaban J connectivity index is -0.0000000257. The van der Waals surface area contributed by atoms with E-state index in [0.29, 0.717) is 0 Å². The first-order chi connectivity index (χ1) is 6.93. The molecule has 8 nitrogen and oxygen atoms in total. The molecule has 0 aliphatic heterocycles. The van der Waals surface area contributed by atoms with E-state index in [-0.39, 0.29) is 38.3 Å². The molecule has 10 heteroatoms. The minimum absolute atomic E-state index is 0. The summed E-state index contributed by atoms with van der Waals surface area (Å²) in [6.45, 7) is 4.22. The number of hydrogen-bond donors (Lipinski definition) is 3. The van der Waals surface area contributed by atoms with Crippen molar-refractivity contribution in [2.24, 2.45) is 0 Å². The van der Waals surface area contributed by atoms with Crippen molar-refractivity contribution < 1.29 is 77.9 Å². The minimum Gasteiger partial charge on any atom is -0.550 e. The van der Waals surface area contributed by atoms with E-state index in [4.69, 9.17) is 39.6 Å². The number of hydrogen-bond acceptors (Lipinski definition) is 5. The van der Waals surface area contributed by atoms with Crippen LogP contribution in [0.2, 0.25) is 0 Å². The third kappa shape index (κ3) is 3710. The Bertz CT molecular complexity index is 167. The van der Waals surface area contributed by atoms with E-state index >= 15 is 0 Å². The largest absolute Gasteiger partial charge is 1.00 e. The van der Waals surface area contributed by atoms with Crippen LogP contribution >= 0.6 is 0 Å². The predicted molar refractivity (Wildman–Crippen MR) is 50.6 cm³/mol. The maximum atomic E-state index is 9.00. The molecule has 105 valence electrons. The predicted octanol–water partition coefficient (Wildman–Crippen LogP) is -3.97. The Labute approximate surface area is 129 Å². The van der Waals surface area contributed by atoms with E-state index in [2.05, 4.69) is 0 Å². The number of carbonyl (C=O) groups is 4. The van der Waals surface area contributed by atoms with E-state index in [1.54, 1.807) is 0 Å². The van der Waals surface area contributed by atoms with Crippen molar-refractivity contribution in [1.29, 1.82) is 0 Å². The Hall–Kier alpha value is -0.899. The van der Waals surface area contributed by atoms with E-state index in [9.17, 15) is 0 Å². The van der Waals surface area contributed by atoms with Crippen molar-refractivity contribution in [1.82, 2.24) is 0 Å². The van der Waals surface area contributed by atoms with Gasteiger partial charge in [0.05, 0.1) is 0 Å². The molecule has 0 saturated carbocycles. The standard InChI is InChI=1S/4C2H4O2.Li.Rh/c4*1-2(3)4;;/h4*1H3,(H,3,4);;/q;;;;+1;/p-1. The third-order valence-electron chi connectivity index (χ3n) is 0. The van der Waals surface area contributed by atoms with Crippen LogP contribution < -0.4 is 24.0 Å². The molecule has 0 heterocycles. The first-order valence-electron chi connectivity index (χ1n) is 3.69. The minimum atomic E-state index is -1.08. The molecule has 18 heavy (non-hydrogen) atoms. The Morgan fingerprint density at radius 3 is 0.722 bits per heavy atom. The van der Waals surface area contributed by atoms with Gasteiger partial charge in [0, 0.05) is 46.2 Å². The van der Waals surface area contributed by atoms with Gasteiger partial charge >= 0.3 is 18.9 Å². The third-order valence-corrected chi connectivity index (χ3v) is 0. The fourth-order valence-corrected chi connectivity index (χ4v) is 0. The van der Waals surface area contributed by atoms with Gasteiger partial charge < -0.3 is 25.2 Å². The SMILES string of the molecule is CC(=O)O.CC(=O)O.CC(=O)O.CC(=O)[O-].[Li+].[Rh]. The maximum absolute atomic E-state index is 9.00. The fourth-order valence-electron chi connectivity index (χ4n) is 0. The maximum Gasteiger partial charge on any atom is 1.00 e.